The number of rotatable bonds is 5. The Kier molecular flexibility index (Phi) is 5.05. The molecule has 3 nitrogen and oxygen atoms in total. The topological polar surface area (TPSA) is 27.3 Å². The highest BCUT2D eigenvalue weighted by atomic mass is 15.1. The quantitative estimate of drug-likeness (QED) is 0.781. The number of hydrogen-bond donors (Lipinski definition) is 2. The number of likely N-dealkylation sites (tertiary alicyclic amines) is 1. The third-order valence-corrected chi connectivity index (χ3v) is 4.86. The van der Waals surface area contributed by atoms with Crippen LogP contribution in [0.3, 0.4) is 0 Å². The zero-order valence-electron chi connectivity index (χ0n) is 12.5. The smallest absolute Gasteiger partial charge is 0.0192 e. The maximum absolute atomic E-state index is 3.70. The lowest BCUT2D eigenvalue weighted by Gasteiger charge is -2.40. The molecule has 0 radical (unpaired) electrons. The second-order valence-corrected chi connectivity index (χ2v) is 7.01. The summed E-state index contributed by atoms with van der Waals surface area (Å²) in [7, 11) is 2.26. The van der Waals surface area contributed by atoms with Crippen LogP contribution in [0.15, 0.2) is 0 Å². The van der Waals surface area contributed by atoms with Gasteiger partial charge < -0.3 is 15.5 Å². The Morgan fingerprint density at radius 1 is 1.28 bits per heavy atom. The van der Waals surface area contributed by atoms with E-state index in [9.17, 15) is 0 Å². The first kappa shape index (κ1) is 14.3. The van der Waals surface area contributed by atoms with Gasteiger partial charge in [0.25, 0.3) is 0 Å². The van der Waals surface area contributed by atoms with Crippen molar-refractivity contribution >= 4 is 0 Å². The summed E-state index contributed by atoms with van der Waals surface area (Å²) in [6.45, 7) is 10.9. The van der Waals surface area contributed by atoms with E-state index >= 15 is 0 Å². The fourth-order valence-electron chi connectivity index (χ4n) is 3.45. The Labute approximate surface area is 113 Å². The Bertz CT molecular complexity index is 246. The zero-order valence-corrected chi connectivity index (χ0v) is 12.5. The molecule has 0 amide bonds. The molecule has 2 unspecified atom stereocenters. The highest BCUT2D eigenvalue weighted by Crippen LogP contribution is 2.32. The van der Waals surface area contributed by atoms with Crippen LogP contribution in [-0.2, 0) is 0 Å². The van der Waals surface area contributed by atoms with Crippen molar-refractivity contribution in [1.29, 1.82) is 0 Å². The average molecular weight is 253 g/mol. The van der Waals surface area contributed by atoms with E-state index in [-0.39, 0.29) is 0 Å². The SMILES string of the molecule is CN1CCCC(C(C)(C)CNCC2CCCN2)C1. The Morgan fingerprint density at radius 2 is 2.11 bits per heavy atom. The molecule has 2 fully saturated rings. The average Bonchev–Trinajstić information content (AvgIpc) is 2.82. The molecule has 2 aliphatic rings. The van der Waals surface area contributed by atoms with Gasteiger partial charge in [-0.3, -0.25) is 0 Å². The van der Waals surface area contributed by atoms with E-state index in [4.69, 9.17) is 0 Å². The van der Waals surface area contributed by atoms with Crippen LogP contribution in [-0.4, -0.2) is 50.7 Å². The van der Waals surface area contributed by atoms with Crippen LogP contribution in [0.4, 0.5) is 0 Å². The van der Waals surface area contributed by atoms with Gasteiger partial charge in [0, 0.05) is 25.7 Å². The molecule has 0 aromatic carbocycles. The highest BCUT2D eigenvalue weighted by Gasteiger charge is 2.32. The molecule has 2 atom stereocenters. The van der Waals surface area contributed by atoms with Gasteiger partial charge in [-0.2, -0.15) is 0 Å². The molecule has 2 saturated heterocycles. The van der Waals surface area contributed by atoms with Crippen molar-refractivity contribution in [3.63, 3.8) is 0 Å². The lowest BCUT2D eigenvalue weighted by molar-refractivity contribution is 0.102. The molecule has 0 aromatic heterocycles. The molecule has 2 aliphatic heterocycles. The fourth-order valence-corrected chi connectivity index (χ4v) is 3.45. The maximum atomic E-state index is 3.70. The summed E-state index contributed by atoms with van der Waals surface area (Å²) in [6, 6.07) is 0.717. The molecule has 0 aromatic rings. The lowest BCUT2D eigenvalue weighted by Crippen LogP contribution is -2.45. The van der Waals surface area contributed by atoms with E-state index in [1.165, 1.54) is 45.3 Å². The lowest BCUT2D eigenvalue weighted by atomic mass is 9.74. The van der Waals surface area contributed by atoms with Gasteiger partial charge in [0.2, 0.25) is 0 Å². The van der Waals surface area contributed by atoms with Gasteiger partial charge in [-0.05, 0) is 57.2 Å². The highest BCUT2D eigenvalue weighted by molar-refractivity contribution is 4.86. The molecule has 0 saturated carbocycles. The minimum Gasteiger partial charge on any atom is -0.315 e. The monoisotopic (exact) mass is 253 g/mol. The summed E-state index contributed by atoms with van der Waals surface area (Å²) in [4.78, 5) is 2.49. The van der Waals surface area contributed by atoms with Crippen molar-refractivity contribution in [2.75, 3.05) is 39.8 Å². The predicted octanol–water partition coefficient (Wildman–Crippen LogP) is 1.70. The normalized spacial score (nSPS) is 30.8. The molecular formula is C15H31N3. The standard InChI is InChI=1S/C15H31N3/c1-15(2,13-6-5-9-18(3)11-13)12-16-10-14-7-4-8-17-14/h13-14,16-17H,4-12H2,1-3H3. The summed E-state index contributed by atoms with van der Waals surface area (Å²) in [5.41, 5.74) is 0.424. The molecule has 106 valence electrons. The number of piperidine rings is 1. The largest absolute Gasteiger partial charge is 0.315 e. The Hall–Kier alpha value is -0.120. The van der Waals surface area contributed by atoms with Crippen LogP contribution < -0.4 is 10.6 Å². The first-order chi connectivity index (χ1) is 8.58. The van der Waals surface area contributed by atoms with Crippen molar-refractivity contribution < 1.29 is 0 Å². The summed E-state index contributed by atoms with van der Waals surface area (Å²) >= 11 is 0. The van der Waals surface area contributed by atoms with Gasteiger partial charge >= 0.3 is 0 Å². The van der Waals surface area contributed by atoms with Gasteiger partial charge in [-0.15, -0.1) is 0 Å². The van der Waals surface area contributed by atoms with Crippen LogP contribution in [0.5, 0.6) is 0 Å². The Balaban J connectivity index is 1.71. The van der Waals surface area contributed by atoms with Crippen LogP contribution >= 0.6 is 0 Å². The minimum absolute atomic E-state index is 0.424. The molecule has 3 heteroatoms. The van der Waals surface area contributed by atoms with Gasteiger partial charge in [0.05, 0.1) is 0 Å². The van der Waals surface area contributed by atoms with Gasteiger partial charge in [0.1, 0.15) is 0 Å². The molecule has 0 bridgehead atoms. The van der Waals surface area contributed by atoms with Crippen LogP contribution in [0.25, 0.3) is 0 Å². The Morgan fingerprint density at radius 3 is 2.78 bits per heavy atom. The van der Waals surface area contributed by atoms with Crippen LogP contribution in [0, 0.1) is 11.3 Å². The van der Waals surface area contributed by atoms with Crippen molar-refractivity contribution in [3.05, 3.63) is 0 Å². The molecule has 2 rings (SSSR count). The first-order valence-electron chi connectivity index (χ1n) is 7.70. The van der Waals surface area contributed by atoms with Crippen molar-refractivity contribution in [3.8, 4) is 0 Å². The van der Waals surface area contributed by atoms with E-state index in [1.807, 2.05) is 0 Å². The van der Waals surface area contributed by atoms with Gasteiger partial charge in [-0.25, -0.2) is 0 Å². The second kappa shape index (κ2) is 6.36. The van der Waals surface area contributed by atoms with Crippen molar-refractivity contribution in [2.45, 2.75) is 45.6 Å². The van der Waals surface area contributed by atoms with E-state index in [2.05, 4.69) is 36.4 Å². The third-order valence-electron chi connectivity index (χ3n) is 4.86. The van der Waals surface area contributed by atoms with E-state index in [0.717, 1.165) is 25.0 Å². The summed E-state index contributed by atoms with van der Waals surface area (Å²) in [5, 5.41) is 7.26. The molecular weight excluding hydrogens is 222 g/mol. The van der Waals surface area contributed by atoms with Crippen molar-refractivity contribution in [1.82, 2.24) is 15.5 Å². The molecule has 0 spiro atoms. The van der Waals surface area contributed by atoms with Crippen LogP contribution in [0.1, 0.15) is 39.5 Å². The van der Waals surface area contributed by atoms with E-state index in [0.29, 0.717) is 5.41 Å². The number of nitrogens with one attached hydrogen (secondary N) is 2. The first-order valence-corrected chi connectivity index (χ1v) is 7.70. The minimum atomic E-state index is 0.424. The van der Waals surface area contributed by atoms with Crippen molar-refractivity contribution in [2.24, 2.45) is 11.3 Å². The van der Waals surface area contributed by atoms with E-state index < -0.39 is 0 Å². The summed E-state index contributed by atoms with van der Waals surface area (Å²) < 4.78 is 0. The van der Waals surface area contributed by atoms with Gasteiger partial charge in [-0.1, -0.05) is 13.8 Å². The van der Waals surface area contributed by atoms with Crippen LogP contribution in [0.2, 0.25) is 0 Å². The second-order valence-electron chi connectivity index (χ2n) is 7.01. The summed E-state index contributed by atoms with van der Waals surface area (Å²) in [5.74, 6) is 0.847. The number of hydrogen-bond acceptors (Lipinski definition) is 3. The molecule has 2 heterocycles. The number of nitrogens with zero attached hydrogens (tertiary/aromatic N) is 1. The predicted molar refractivity (Wildman–Crippen MR) is 77.9 cm³/mol. The third kappa shape index (κ3) is 3.94. The molecule has 0 aliphatic carbocycles. The molecule has 2 N–H and O–H groups in total. The molecule has 18 heavy (non-hydrogen) atoms. The zero-order chi connectivity index (χ0) is 13.0. The van der Waals surface area contributed by atoms with E-state index in [1.54, 1.807) is 0 Å². The maximum Gasteiger partial charge on any atom is 0.0192 e. The fraction of sp³-hybridized carbons (Fsp3) is 1.00. The summed E-state index contributed by atoms with van der Waals surface area (Å²) in [6.07, 6.45) is 5.47. The van der Waals surface area contributed by atoms with Gasteiger partial charge in [0.15, 0.2) is 0 Å².